The standard InChI is InChI=1S/C15H26N2O2/c1-11-7-5-6-10-15(11,2)17-14(19)12-8-3-4-9-13(18)16-12/h11-12H,3-10H2,1-2H3,(H,16,18)(H,17,19)/t11-,12+,15-/m1/s1. The van der Waals surface area contributed by atoms with Crippen LogP contribution in [-0.4, -0.2) is 23.4 Å². The molecule has 2 fully saturated rings. The summed E-state index contributed by atoms with van der Waals surface area (Å²) in [6, 6.07) is -0.332. The van der Waals surface area contributed by atoms with Crippen molar-refractivity contribution in [3.05, 3.63) is 0 Å². The Labute approximate surface area is 115 Å². The summed E-state index contributed by atoms with van der Waals surface area (Å²) in [5, 5.41) is 6.06. The minimum absolute atomic E-state index is 0.00602. The van der Waals surface area contributed by atoms with Crippen LogP contribution in [0.3, 0.4) is 0 Å². The molecule has 3 atom stereocenters. The Hall–Kier alpha value is -1.06. The lowest BCUT2D eigenvalue weighted by Gasteiger charge is -2.41. The van der Waals surface area contributed by atoms with E-state index in [4.69, 9.17) is 0 Å². The molecule has 0 bridgehead atoms. The molecule has 108 valence electrons. The van der Waals surface area contributed by atoms with E-state index in [9.17, 15) is 9.59 Å². The fourth-order valence-electron chi connectivity index (χ4n) is 3.23. The highest BCUT2D eigenvalue weighted by molar-refractivity contribution is 5.88. The highest BCUT2D eigenvalue weighted by Gasteiger charge is 2.36. The summed E-state index contributed by atoms with van der Waals surface area (Å²) in [4.78, 5) is 23.9. The van der Waals surface area contributed by atoms with Crippen LogP contribution in [0.15, 0.2) is 0 Å². The fraction of sp³-hybridized carbons (Fsp3) is 0.867. The molecule has 0 spiro atoms. The molecule has 0 aromatic heterocycles. The topological polar surface area (TPSA) is 58.2 Å². The van der Waals surface area contributed by atoms with Gasteiger partial charge in [0.15, 0.2) is 0 Å². The maximum atomic E-state index is 12.4. The normalized spacial score (nSPS) is 36.2. The number of carbonyl (C=O) groups is 2. The van der Waals surface area contributed by atoms with Crippen molar-refractivity contribution < 1.29 is 9.59 Å². The molecule has 0 aromatic rings. The van der Waals surface area contributed by atoms with Gasteiger partial charge in [0.1, 0.15) is 6.04 Å². The number of nitrogens with one attached hydrogen (secondary N) is 2. The molecular weight excluding hydrogens is 240 g/mol. The first-order valence-electron chi connectivity index (χ1n) is 7.63. The van der Waals surface area contributed by atoms with Crippen molar-refractivity contribution in [1.29, 1.82) is 0 Å². The number of hydrogen-bond donors (Lipinski definition) is 2. The van der Waals surface area contributed by atoms with Gasteiger partial charge in [-0.2, -0.15) is 0 Å². The maximum absolute atomic E-state index is 12.4. The highest BCUT2D eigenvalue weighted by atomic mass is 16.2. The van der Waals surface area contributed by atoms with Crippen LogP contribution in [0, 0.1) is 5.92 Å². The van der Waals surface area contributed by atoms with Gasteiger partial charge >= 0.3 is 0 Å². The Bertz CT molecular complexity index is 356. The van der Waals surface area contributed by atoms with Crippen LogP contribution in [0.1, 0.15) is 65.2 Å². The van der Waals surface area contributed by atoms with E-state index in [-0.39, 0.29) is 23.4 Å². The molecule has 2 aliphatic rings. The summed E-state index contributed by atoms with van der Waals surface area (Å²) in [5.74, 6) is 0.526. The van der Waals surface area contributed by atoms with Crippen LogP contribution in [0.5, 0.6) is 0 Å². The molecular formula is C15H26N2O2. The monoisotopic (exact) mass is 266 g/mol. The van der Waals surface area contributed by atoms with E-state index in [0.29, 0.717) is 12.3 Å². The van der Waals surface area contributed by atoms with Crippen molar-refractivity contribution in [2.75, 3.05) is 0 Å². The molecule has 2 rings (SSSR count). The van der Waals surface area contributed by atoms with Crippen molar-refractivity contribution in [3.63, 3.8) is 0 Å². The second-order valence-corrected chi connectivity index (χ2v) is 6.42. The van der Waals surface area contributed by atoms with Gasteiger partial charge in [0, 0.05) is 12.0 Å². The van der Waals surface area contributed by atoms with Gasteiger partial charge < -0.3 is 10.6 Å². The van der Waals surface area contributed by atoms with Crippen molar-refractivity contribution in [2.45, 2.75) is 76.8 Å². The first-order valence-corrected chi connectivity index (χ1v) is 7.63. The quantitative estimate of drug-likeness (QED) is 0.804. The third kappa shape index (κ3) is 3.48. The van der Waals surface area contributed by atoms with Crippen molar-refractivity contribution in [3.8, 4) is 0 Å². The molecule has 2 amide bonds. The molecule has 1 saturated heterocycles. The second kappa shape index (κ2) is 5.93. The van der Waals surface area contributed by atoms with Gasteiger partial charge in [0.2, 0.25) is 11.8 Å². The van der Waals surface area contributed by atoms with Gasteiger partial charge in [0.25, 0.3) is 0 Å². The van der Waals surface area contributed by atoms with E-state index in [0.717, 1.165) is 25.7 Å². The van der Waals surface area contributed by atoms with E-state index in [1.54, 1.807) is 0 Å². The average Bonchev–Trinajstić information content (AvgIpc) is 2.58. The van der Waals surface area contributed by atoms with Crippen LogP contribution in [0.2, 0.25) is 0 Å². The predicted octanol–water partition coefficient (Wildman–Crippen LogP) is 2.13. The number of carbonyl (C=O) groups excluding carboxylic acids is 2. The summed E-state index contributed by atoms with van der Waals surface area (Å²) in [7, 11) is 0. The molecule has 4 heteroatoms. The molecule has 4 nitrogen and oxygen atoms in total. The lowest BCUT2D eigenvalue weighted by Crippen LogP contribution is -2.57. The zero-order valence-corrected chi connectivity index (χ0v) is 12.1. The lowest BCUT2D eigenvalue weighted by atomic mass is 9.75. The lowest BCUT2D eigenvalue weighted by molar-refractivity contribution is -0.130. The third-order valence-corrected chi connectivity index (χ3v) is 4.88. The molecule has 1 aliphatic carbocycles. The van der Waals surface area contributed by atoms with E-state index in [1.807, 2.05) is 0 Å². The van der Waals surface area contributed by atoms with Crippen LogP contribution < -0.4 is 10.6 Å². The zero-order valence-electron chi connectivity index (χ0n) is 12.1. The van der Waals surface area contributed by atoms with Crippen LogP contribution in [0.4, 0.5) is 0 Å². The average molecular weight is 266 g/mol. The van der Waals surface area contributed by atoms with Crippen molar-refractivity contribution in [1.82, 2.24) is 10.6 Å². The largest absolute Gasteiger partial charge is 0.349 e. The van der Waals surface area contributed by atoms with Gasteiger partial charge in [-0.05, 0) is 38.5 Å². The van der Waals surface area contributed by atoms with Crippen molar-refractivity contribution >= 4 is 11.8 Å². The maximum Gasteiger partial charge on any atom is 0.243 e. The predicted molar refractivity (Wildman–Crippen MR) is 74.6 cm³/mol. The van der Waals surface area contributed by atoms with Gasteiger partial charge in [-0.25, -0.2) is 0 Å². The summed E-state index contributed by atoms with van der Waals surface area (Å²) in [6.07, 6.45) is 7.81. The Morgan fingerprint density at radius 2 is 2.00 bits per heavy atom. The Kier molecular flexibility index (Phi) is 4.48. The summed E-state index contributed by atoms with van der Waals surface area (Å²) in [6.45, 7) is 4.36. The first-order chi connectivity index (χ1) is 9.01. The molecule has 2 N–H and O–H groups in total. The molecule has 0 aromatic carbocycles. The minimum atomic E-state index is -0.332. The highest BCUT2D eigenvalue weighted by Crippen LogP contribution is 2.33. The van der Waals surface area contributed by atoms with Crippen molar-refractivity contribution in [2.24, 2.45) is 5.92 Å². The minimum Gasteiger partial charge on any atom is -0.349 e. The van der Waals surface area contributed by atoms with E-state index < -0.39 is 0 Å². The fourth-order valence-corrected chi connectivity index (χ4v) is 3.23. The van der Waals surface area contributed by atoms with Gasteiger partial charge in [0.05, 0.1) is 0 Å². The van der Waals surface area contributed by atoms with E-state index in [2.05, 4.69) is 24.5 Å². The smallest absolute Gasteiger partial charge is 0.243 e. The summed E-state index contributed by atoms with van der Waals surface area (Å²) in [5.41, 5.74) is -0.105. The third-order valence-electron chi connectivity index (χ3n) is 4.88. The van der Waals surface area contributed by atoms with Gasteiger partial charge in [-0.3, -0.25) is 9.59 Å². The van der Waals surface area contributed by atoms with Crippen LogP contribution in [-0.2, 0) is 9.59 Å². The van der Waals surface area contributed by atoms with E-state index in [1.165, 1.54) is 19.3 Å². The van der Waals surface area contributed by atoms with E-state index >= 15 is 0 Å². The van der Waals surface area contributed by atoms with Gasteiger partial charge in [-0.15, -0.1) is 0 Å². The number of rotatable bonds is 2. The second-order valence-electron chi connectivity index (χ2n) is 6.42. The molecule has 1 aliphatic heterocycles. The summed E-state index contributed by atoms with van der Waals surface area (Å²) >= 11 is 0. The van der Waals surface area contributed by atoms with Crippen LogP contribution >= 0.6 is 0 Å². The molecule has 0 unspecified atom stereocenters. The zero-order chi connectivity index (χ0) is 13.9. The number of amides is 2. The molecule has 1 heterocycles. The SMILES string of the molecule is C[C@@H]1CCCC[C@@]1(C)NC(=O)[C@@H]1CCCCC(=O)N1. The Morgan fingerprint density at radius 3 is 2.74 bits per heavy atom. The molecule has 0 radical (unpaired) electrons. The Balaban J connectivity index is 1.97. The summed E-state index contributed by atoms with van der Waals surface area (Å²) < 4.78 is 0. The first kappa shape index (κ1) is 14.4. The molecule has 1 saturated carbocycles. The number of hydrogen-bond acceptors (Lipinski definition) is 2. The Morgan fingerprint density at radius 1 is 1.26 bits per heavy atom. The molecule has 19 heavy (non-hydrogen) atoms. The van der Waals surface area contributed by atoms with Crippen LogP contribution in [0.25, 0.3) is 0 Å². The van der Waals surface area contributed by atoms with Gasteiger partial charge in [-0.1, -0.05) is 26.2 Å².